The number of fused-ring (bicyclic) bond motifs is 1. The molecule has 102 valence electrons. The molecule has 0 spiro atoms. The highest BCUT2D eigenvalue weighted by Crippen LogP contribution is 2.27. The molecule has 1 aromatic carbocycles. The Balaban J connectivity index is 2.26. The van der Waals surface area contributed by atoms with Crippen LogP contribution in [0, 0.1) is 13.8 Å². The van der Waals surface area contributed by atoms with Gasteiger partial charge in [0.05, 0.1) is 11.4 Å². The third kappa shape index (κ3) is 2.08. The topological polar surface area (TPSA) is 56.2 Å². The van der Waals surface area contributed by atoms with Gasteiger partial charge in [0.15, 0.2) is 0 Å². The molecular weight excluding hydrogens is 248 g/mol. The summed E-state index contributed by atoms with van der Waals surface area (Å²) in [5, 5.41) is 0. The molecule has 0 saturated heterocycles. The average Bonchev–Trinajstić information content (AvgIpc) is 2.78. The normalized spacial score (nSPS) is 11.2. The summed E-state index contributed by atoms with van der Waals surface area (Å²) in [5.74, 6) is 0.728. The maximum Gasteiger partial charge on any atom is 0.234 e. The molecule has 4 heteroatoms. The van der Waals surface area contributed by atoms with E-state index >= 15 is 0 Å². The smallest absolute Gasteiger partial charge is 0.234 e. The lowest BCUT2D eigenvalue weighted by molar-refractivity contribution is 0.900. The minimum atomic E-state index is 0.598. The maximum absolute atomic E-state index is 5.76. The largest absolute Gasteiger partial charge is 0.330 e. The van der Waals surface area contributed by atoms with E-state index in [0.717, 1.165) is 29.1 Å². The van der Waals surface area contributed by atoms with Crippen LogP contribution in [-0.2, 0) is 6.42 Å². The molecule has 0 radical (unpaired) electrons. The van der Waals surface area contributed by atoms with Crippen molar-refractivity contribution in [3.8, 4) is 11.3 Å². The van der Waals surface area contributed by atoms with Crippen molar-refractivity contribution in [3.63, 3.8) is 0 Å². The van der Waals surface area contributed by atoms with Gasteiger partial charge >= 0.3 is 0 Å². The van der Waals surface area contributed by atoms with E-state index in [1.54, 1.807) is 6.20 Å². The number of benzene rings is 1. The van der Waals surface area contributed by atoms with Gasteiger partial charge in [-0.2, -0.15) is 0 Å². The standard InChI is InChI=1S/C16H18N4/c1-11-4-5-13(12(2)10-11)15-14(6-7-17)20-9-3-8-18-16(20)19-15/h3-5,8-10H,6-7,17H2,1-2H3. The first-order chi connectivity index (χ1) is 9.70. The van der Waals surface area contributed by atoms with Crippen molar-refractivity contribution in [2.24, 2.45) is 5.73 Å². The predicted octanol–water partition coefficient (Wildman–Crippen LogP) is 2.51. The van der Waals surface area contributed by atoms with E-state index < -0.39 is 0 Å². The van der Waals surface area contributed by atoms with Crippen LogP contribution in [0.5, 0.6) is 0 Å². The van der Waals surface area contributed by atoms with Crippen LogP contribution in [0.1, 0.15) is 16.8 Å². The van der Waals surface area contributed by atoms with Gasteiger partial charge < -0.3 is 5.73 Å². The summed E-state index contributed by atoms with van der Waals surface area (Å²) in [6.45, 7) is 4.81. The molecule has 0 saturated carbocycles. The van der Waals surface area contributed by atoms with Crippen molar-refractivity contribution in [2.45, 2.75) is 20.3 Å². The van der Waals surface area contributed by atoms with Crippen molar-refractivity contribution in [2.75, 3.05) is 6.54 Å². The number of nitrogens with zero attached hydrogens (tertiary/aromatic N) is 3. The van der Waals surface area contributed by atoms with Gasteiger partial charge in [0, 0.05) is 24.4 Å². The van der Waals surface area contributed by atoms with Gasteiger partial charge in [0.1, 0.15) is 0 Å². The van der Waals surface area contributed by atoms with Crippen LogP contribution in [0.25, 0.3) is 17.0 Å². The van der Waals surface area contributed by atoms with Crippen LogP contribution in [0.15, 0.2) is 36.7 Å². The fourth-order valence-corrected chi connectivity index (χ4v) is 2.61. The molecule has 0 aliphatic carbocycles. The van der Waals surface area contributed by atoms with Crippen LogP contribution in [0.4, 0.5) is 0 Å². The summed E-state index contributed by atoms with van der Waals surface area (Å²) in [4.78, 5) is 9.02. The second kappa shape index (κ2) is 5.06. The summed E-state index contributed by atoms with van der Waals surface area (Å²) in [5.41, 5.74) is 11.5. The van der Waals surface area contributed by atoms with Crippen molar-refractivity contribution in [1.82, 2.24) is 14.4 Å². The molecule has 2 N–H and O–H groups in total. The molecule has 20 heavy (non-hydrogen) atoms. The second-order valence-corrected chi connectivity index (χ2v) is 5.05. The highest BCUT2D eigenvalue weighted by molar-refractivity contribution is 5.69. The van der Waals surface area contributed by atoms with E-state index in [9.17, 15) is 0 Å². The lowest BCUT2D eigenvalue weighted by Crippen LogP contribution is -2.06. The third-order valence-electron chi connectivity index (χ3n) is 3.52. The second-order valence-electron chi connectivity index (χ2n) is 5.05. The number of aromatic nitrogens is 3. The molecule has 0 aliphatic heterocycles. The molecule has 2 heterocycles. The Hall–Kier alpha value is -2.20. The highest BCUT2D eigenvalue weighted by Gasteiger charge is 2.15. The highest BCUT2D eigenvalue weighted by atomic mass is 15.1. The van der Waals surface area contributed by atoms with Gasteiger partial charge in [-0.3, -0.25) is 4.40 Å². The predicted molar refractivity (Wildman–Crippen MR) is 80.7 cm³/mol. The molecule has 0 unspecified atom stereocenters. The van der Waals surface area contributed by atoms with Crippen molar-refractivity contribution in [1.29, 1.82) is 0 Å². The summed E-state index contributed by atoms with van der Waals surface area (Å²) in [7, 11) is 0. The number of hydrogen-bond acceptors (Lipinski definition) is 3. The van der Waals surface area contributed by atoms with Crippen LogP contribution in [0.2, 0.25) is 0 Å². The maximum atomic E-state index is 5.76. The van der Waals surface area contributed by atoms with Crippen molar-refractivity contribution >= 4 is 5.78 Å². The molecule has 0 fully saturated rings. The molecular formula is C16H18N4. The quantitative estimate of drug-likeness (QED) is 0.792. The summed E-state index contributed by atoms with van der Waals surface area (Å²) < 4.78 is 2.03. The van der Waals surface area contributed by atoms with Gasteiger partial charge in [0.25, 0.3) is 0 Å². The van der Waals surface area contributed by atoms with Crippen molar-refractivity contribution in [3.05, 3.63) is 53.5 Å². The molecule has 2 aromatic heterocycles. The van der Waals surface area contributed by atoms with Crippen molar-refractivity contribution < 1.29 is 0 Å². The third-order valence-corrected chi connectivity index (χ3v) is 3.52. The molecule has 0 atom stereocenters. The fraction of sp³-hybridized carbons (Fsp3) is 0.250. The lowest BCUT2D eigenvalue weighted by atomic mass is 10.0. The van der Waals surface area contributed by atoms with Crippen LogP contribution >= 0.6 is 0 Å². The number of nitrogens with two attached hydrogens (primary N) is 1. The Bertz CT molecular complexity index is 758. The zero-order valence-electron chi connectivity index (χ0n) is 11.8. The number of imidazole rings is 1. The number of rotatable bonds is 3. The zero-order chi connectivity index (χ0) is 14.1. The number of aryl methyl sites for hydroxylation is 2. The summed E-state index contributed by atoms with van der Waals surface area (Å²) in [6.07, 6.45) is 4.54. The Labute approximate surface area is 118 Å². The van der Waals surface area contributed by atoms with E-state index in [-0.39, 0.29) is 0 Å². The minimum absolute atomic E-state index is 0.598. The molecule has 0 bridgehead atoms. The van der Waals surface area contributed by atoms with E-state index in [2.05, 4.69) is 42.0 Å². The Morgan fingerprint density at radius 3 is 2.85 bits per heavy atom. The van der Waals surface area contributed by atoms with E-state index in [4.69, 9.17) is 5.73 Å². The van der Waals surface area contributed by atoms with E-state index in [1.165, 1.54) is 11.1 Å². The Morgan fingerprint density at radius 2 is 2.10 bits per heavy atom. The number of hydrogen-bond donors (Lipinski definition) is 1. The molecule has 3 rings (SSSR count). The molecule has 0 aliphatic rings. The molecule has 4 nitrogen and oxygen atoms in total. The zero-order valence-corrected chi connectivity index (χ0v) is 11.8. The van der Waals surface area contributed by atoms with Crippen LogP contribution in [0.3, 0.4) is 0 Å². The first-order valence-electron chi connectivity index (χ1n) is 6.80. The first-order valence-corrected chi connectivity index (χ1v) is 6.80. The average molecular weight is 266 g/mol. The van der Waals surface area contributed by atoms with E-state index in [1.807, 2.05) is 16.7 Å². The van der Waals surface area contributed by atoms with Crippen LogP contribution < -0.4 is 5.73 Å². The van der Waals surface area contributed by atoms with Gasteiger partial charge in [-0.05, 0) is 32.0 Å². The van der Waals surface area contributed by atoms with Gasteiger partial charge in [-0.15, -0.1) is 0 Å². The van der Waals surface area contributed by atoms with Crippen LogP contribution in [-0.4, -0.2) is 20.9 Å². The molecule has 0 amide bonds. The molecule has 3 aromatic rings. The lowest BCUT2D eigenvalue weighted by Gasteiger charge is -2.07. The SMILES string of the molecule is Cc1ccc(-c2nc3ncccn3c2CCN)c(C)c1. The summed E-state index contributed by atoms with van der Waals surface area (Å²) in [6, 6.07) is 8.35. The Kier molecular flexibility index (Phi) is 3.24. The summed E-state index contributed by atoms with van der Waals surface area (Å²) >= 11 is 0. The van der Waals surface area contributed by atoms with E-state index in [0.29, 0.717) is 6.54 Å². The first kappa shape index (κ1) is 12.8. The van der Waals surface area contributed by atoms with Gasteiger partial charge in [-0.1, -0.05) is 23.8 Å². The van der Waals surface area contributed by atoms with Gasteiger partial charge in [-0.25, -0.2) is 9.97 Å². The minimum Gasteiger partial charge on any atom is -0.330 e. The Morgan fingerprint density at radius 1 is 1.25 bits per heavy atom. The van der Waals surface area contributed by atoms with Gasteiger partial charge in [0.2, 0.25) is 5.78 Å². The monoisotopic (exact) mass is 266 g/mol. The fourth-order valence-electron chi connectivity index (χ4n) is 2.61.